The molecule has 0 aromatic heterocycles. The highest BCUT2D eigenvalue weighted by atomic mass is 15.1. The Bertz CT molecular complexity index is 134. The van der Waals surface area contributed by atoms with Gasteiger partial charge in [-0.2, -0.15) is 0 Å². The smallest absolute Gasteiger partial charge is 0.0166 e. The van der Waals surface area contributed by atoms with Gasteiger partial charge in [-0.05, 0) is 39.8 Å². The Morgan fingerprint density at radius 1 is 1.14 bits per heavy atom. The van der Waals surface area contributed by atoms with E-state index in [1.54, 1.807) is 0 Å². The largest absolute Gasteiger partial charge is 0.313 e. The van der Waals surface area contributed by atoms with Crippen LogP contribution in [0.4, 0.5) is 0 Å². The monoisotopic (exact) mass is 200 g/mol. The Labute approximate surface area is 90.1 Å². The quantitative estimate of drug-likeness (QED) is 0.678. The summed E-state index contributed by atoms with van der Waals surface area (Å²) in [7, 11) is 2.22. The van der Waals surface area contributed by atoms with E-state index in [9.17, 15) is 0 Å². The summed E-state index contributed by atoms with van der Waals surface area (Å²) in [6.45, 7) is 13.6. The van der Waals surface area contributed by atoms with Crippen molar-refractivity contribution in [3.8, 4) is 0 Å². The minimum absolute atomic E-state index is 0.598. The molecule has 0 heterocycles. The zero-order valence-electron chi connectivity index (χ0n) is 10.8. The fraction of sp³-hybridized carbons (Fsp3) is 1.00. The zero-order valence-corrected chi connectivity index (χ0v) is 10.8. The Morgan fingerprint density at radius 3 is 2.14 bits per heavy atom. The van der Waals surface area contributed by atoms with E-state index < -0.39 is 0 Å². The topological polar surface area (TPSA) is 15.3 Å². The average molecular weight is 200 g/mol. The van der Waals surface area contributed by atoms with E-state index >= 15 is 0 Å². The van der Waals surface area contributed by atoms with Crippen LogP contribution in [0, 0.1) is 5.92 Å². The number of rotatable bonds is 7. The third kappa shape index (κ3) is 5.61. The molecule has 0 fully saturated rings. The second-order valence-corrected chi connectivity index (χ2v) is 4.78. The zero-order chi connectivity index (χ0) is 11.1. The summed E-state index contributed by atoms with van der Waals surface area (Å²) in [5.74, 6) is 0.735. The SMILES string of the molecule is CCCNC(C)CN(C)C(C)C(C)C. The third-order valence-corrected chi connectivity index (χ3v) is 2.96. The lowest BCUT2D eigenvalue weighted by Gasteiger charge is -2.30. The lowest BCUT2D eigenvalue weighted by Crippen LogP contribution is -2.43. The van der Waals surface area contributed by atoms with Crippen LogP contribution in [0.15, 0.2) is 0 Å². The predicted molar refractivity (Wildman–Crippen MR) is 64.7 cm³/mol. The van der Waals surface area contributed by atoms with Gasteiger partial charge in [-0.25, -0.2) is 0 Å². The van der Waals surface area contributed by atoms with Gasteiger partial charge in [-0.15, -0.1) is 0 Å². The lowest BCUT2D eigenvalue weighted by molar-refractivity contribution is 0.191. The summed E-state index contributed by atoms with van der Waals surface area (Å²) in [5, 5.41) is 3.52. The molecular formula is C12H28N2. The van der Waals surface area contributed by atoms with E-state index in [2.05, 4.69) is 51.9 Å². The van der Waals surface area contributed by atoms with Crippen LogP contribution in [-0.2, 0) is 0 Å². The normalized spacial score (nSPS) is 16.3. The first-order valence-electron chi connectivity index (χ1n) is 5.92. The molecule has 2 nitrogen and oxygen atoms in total. The van der Waals surface area contributed by atoms with E-state index in [0.29, 0.717) is 12.1 Å². The summed E-state index contributed by atoms with van der Waals surface area (Å²) in [4.78, 5) is 2.44. The van der Waals surface area contributed by atoms with Crippen molar-refractivity contribution < 1.29 is 0 Å². The fourth-order valence-electron chi connectivity index (χ4n) is 1.56. The van der Waals surface area contributed by atoms with Gasteiger partial charge in [0.25, 0.3) is 0 Å². The van der Waals surface area contributed by atoms with Gasteiger partial charge in [-0.3, -0.25) is 0 Å². The molecule has 0 aliphatic carbocycles. The molecule has 0 spiro atoms. The summed E-state index contributed by atoms with van der Waals surface area (Å²) < 4.78 is 0. The Kier molecular flexibility index (Phi) is 7.20. The van der Waals surface area contributed by atoms with E-state index in [1.807, 2.05) is 0 Å². The number of nitrogens with zero attached hydrogens (tertiary/aromatic N) is 1. The van der Waals surface area contributed by atoms with Gasteiger partial charge in [-0.1, -0.05) is 20.8 Å². The van der Waals surface area contributed by atoms with Crippen molar-refractivity contribution in [2.75, 3.05) is 20.1 Å². The molecule has 2 unspecified atom stereocenters. The molecule has 86 valence electrons. The van der Waals surface area contributed by atoms with E-state index in [-0.39, 0.29) is 0 Å². The van der Waals surface area contributed by atoms with Gasteiger partial charge in [0.05, 0.1) is 0 Å². The molecule has 0 aliphatic rings. The minimum atomic E-state index is 0.598. The standard InChI is InChI=1S/C12H28N2/c1-7-8-13-11(4)9-14(6)12(5)10(2)3/h10-13H,7-9H2,1-6H3. The summed E-state index contributed by atoms with van der Waals surface area (Å²) >= 11 is 0. The van der Waals surface area contributed by atoms with Gasteiger partial charge in [0, 0.05) is 18.6 Å². The van der Waals surface area contributed by atoms with Crippen molar-refractivity contribution in [2.24, 2.45) is 5.92 Å². The van der Waals surface area contributed by atoms with Crippen LogP contribution in [0.3, 0.4) is 0 Å². The fourth-order valence-corrected chi connectivity index (χ4v) is 1.56. The molecule has 0 amide bonds. The molecule has 0 aliphatic heterocycles. The van der Waals surface area contributed by atoms with Crippen LogP contribution in [0.5, 0.6) is 0 Å². The number of likely N-dealkylation sites (N-methyl/N-ethyl adjacent to an activating group) is 1. The minimum Gasteiger partial charge on any atom is -0.313 e. The highest BCUT2D eigenvalue weighted by Crippen LogP contribution is 2.08. The first-order valence-corrected chi connectivity index (χ1v) is 5.92. The number of hydrogen-bond acceptors (Lipinski definition) is 2. The molecule has 0 saturated carbocycles. The summed E-state index contributed by atoms with van der Waals surface area (Å²) in [6, 6.07) is 1.27. The average Bonchev–Trinajstić information content (AvgIpc) is 2.13. The Balaban J connectivity index is 3.74. The first-order chi connectivity index (χ1) is 6.49. The van der Waals surface area contributed by atoms with Crippen molar-refractivity contribution in [2.45, 2.75) is 53.1 Å². The van der Waals surface area contributed by atoms with Crippen molar-refractivity contribution in [3.63, 3.8) is 0 Å². The highest BCUT2D eigenvalue weighted by molar-refractivity contribution is 4.71. The number of nitrogens with one attached hydrogen (secondary N) is 1. The molecule has 0 aromatic rings. The molecule has 2 atom stereocenters. The van der Waals surface area contributed by atoms with Crippen molar-refractivity contribution in [1.82, 2.24) is 10.2 Å². The molecule has 0 saturated heterocycles. The maximum atomic E-state index is 3.52. The second-order valence-electron chi connectivity index (χ2n) is 4.78. The van der Waals surface area contributed by atoms with Crippen LogP contribution >= 0.6 is 0 Å². The van der Waals surface area contributed by atoms with Crippen molar-refractivity contribution in [1.29, 1.82) is 0 Å². The second kappa shape index (κ2) is 7.24. The van der Waals surface area contributed by atoms with Crippen LogP contribution in [0.1, 0.15) is 41.0 Å². The Hall–Kier alpha value is -0.0800. The molecule has 0 bridgehead atoms. The summed E-state index contributed by atoms with van der Waals surface area (Å²) in [6.07, 6.45) is 1.22. The number of hydrogen-bond donors (Lipinski definition) is 1. The van der Waals surface area contributed by atoms with Gasteiger partial charge in [0.2, 0.25) is 0 Å². The van der Waals surface area contributed by atoms with Crippen LogP contribution in [-0.4, -0.2) is 37.1 Å². The van der Waals surface area contributed by atoms with Crippen LogP contribution in [0.25, 0.3) is 0 Å². The van der Waals surface area contributed by atoms with Gasteiger partial charge in [0.1, 0.15) is 0 Å². The van der Waals surface area contributed by atoms with Gasteiger partial charge >= 0.3 is 0 Å². The first kappa shape index (κ1) is 13.9. The third-order valence-electron chi connectivity index (χ3n) is 2.96. The molecule has 0 rings (SSSR count). The molecule has 0 aromatic carbocycles. The molecule has 2 heteroatoms. The van der Waals surface area contributed by atoms with Gasteiger partial charge < -0.3 is 10.2 Å². The van der Waals surface area contributed by atoms with Crippen molar-refractivity contribution >= 4 is 0 Å². The molecule has 0 radical (unpaired) electrons. The van der Waals surface area contributed by atoms with Crippen LogP contribution in [0.2, 0.25) is 0 Å². The van der Waals surface area contributed by atoms with E-state index in [0.717, 1.165) is 19.0 Å². The maximum absolute atomic E-state index is 3.52. The maximum Gasteiger partial charge on any atom is 0.0166 e. The highest BCUT2D eigenvalue weighted by Gasteiger charge is 2.14. The molecule has 1 N–H and O–H groups in total. The van der Waals surface area contributed by atoms with E-state index in [4.69, 9.17) is 0 Å². The predicted octanol–water partition coefficient (Wildman–Crippen LogP) is 2.35. The summed E-state index contributed by atoms with van der Waals surface area (Å²) in [5.41, 5.74) is 0. The molecule has 14 heavy (non-hydrogen) atoms. The Morgan fingerprint density at radius 2 is 1.71 bits per heavy atom. The van der Waals surface area contributed by atoms with Gasteiger partial charge in [0.15, 0.2) is 0 Å². The van der Waals surface area contributed by atoms with Crippen LogP contribution < -0.4 is 5.32 Å². The van der Waals surface area contributed by atoms with E-state index in [1.165, 1.54) is 6.42 Å². The lowest BCUT2D eigenvalue weighted by atomic mass is 10.0. The van der Waals surface area contributed by atoms with Crippen molar-refractivity contribution in [3.05, 3.63) is 0 Å². The molecular weight excluding hydrogens is 172 g/mol.